The molecule has 1 aliphatic rings. The Morgan fingerprint density at radius 1 is 1.21 bits per heavy atom. The van der Waals surface area contributed by atoms with Crippen LogP contribution in [0, 0.1) is 17.3 Å². The minimum atomic E-state index is -0.126. The summed E-state index contributed by atoms with van der Waals surface area (Å²) < 4.78 is 13.3. The van der Waals surface area contributed by atoms with E-state index in [9.17, 15) is 0 Å². The number of aryl methyl sites for hydroxylation is 1. The normalized spacial score (nSPS) is 12.9. The van der Waals surface area contributed by atoms with Gasteiger partial charge in [-0.25, -0.2) is 15.0 Å². The molecule has 0 radical (unpaired) electrons. The van der Waals surface area contributed by atoms with E-state index in [0.717, 1.165) is 40.8 Å². The Bertz CT molecular complexity index is 1220. The lowest BCUT2D eigenvalue weighted by atomic mass is 9.97. The van der Waals surface area contributed by atoms with Gasteiger partial charge in [0.05, 0.1) is 0 Å². The monoisotopic (exact) mass is 466 g/mol. The fourth-order valence-corrected chi connectivity index (χ4v) is 4.31. The first-order valence-corrected chi connectivity index (χ1v) is 11.9. The molecule has 1 aromatic carbocycles. The second kappa shape index (κ2) is 9.49. The van der Waals surface area contributed by atoms with Crippen LogP contribution in [0.25, 0.3) is 11.2 Å². The SMILES string of the molecule is CC(C)NCCCn1c(Sc2cc3c(cc2C#CC(C)(C)C)OCO3)nc2c(N)ncnc21. The van der Waals surface area contributed by atoms with Gasteiger partial charge in [-0.15, -0.1) is 0 Å². The molecule has 1 aliphatic heterocycles. The molecule has 0 aliphatic carbocycles. The summed E-state index contributed by atoms with van der Waals surface area (Å²) in [4.78, 5) is 14.3. The van der Waals surface area contributed by atoms with E-state index in [1.165, 1.54) is 18.1 Å². The molecule has 4 rings (SSSR count). The number of anilines is 1. The number of nitrogens with one attached hydrogen (secondary N) is 1. The first-order valence-electron chi connectivity index (χ1n) is 11.1. The summed E-state index contributed by atoms with van der Waals surface area (Å²) in [5.74, 6) is 8.44. The fraction of sp³-hybridized carbons (Fsp3) is 0.458. The number of ether oxygens (including phenoxy) is 2. The number of nitrogens with zero attached hydrogens (tertiary/aromatic N) is 4. The van der Waals surface area contributed by atoms with Crippen molar-refractivity contribution in [3.8, 4) is 23.3 Å². The van der Waals surface area contributed by atoms with Gasteiger partial charge in [0.1, 0.15) is 6.33 Å². The van der Waals surface area contributed by atoms with Crippen molar-refractivity contribution in [2.45, 2.75) is 63.7 Å². The molecule has 0 bridgehead atoms. The van der Waals surface area contributed by atoms with E-state index in [0.29, 0.717) is 28.9 Å². The zero-order chi connectivity index (χ0) is 23.6. The maximum Gasteiger partial charge on any atom is 0.231 e. The number of imidazole rings is 1. The lowest BCUT2D eigenvalue weighted by Crippen LogP contribution is -2.24. The molecule has 3 aromatic rings. The predicted molar refractivity (Wildman–Crippen MR) is 131 cm³/mol. The van der Waals surface area contributed by atoms with E-state index in [1.807, 2.05) is 12.1 Å². The van der Waals surface area contributed by atoms with Crippen molar-refractivity contribution in [3.05, 3.63) is 24.0 Å². The lowest BCUT2D eigenvalue weighted by molar-refractivity contribution is 0.174. The molecule has 0 amide bonds. The fourth-order valence-electron chi connectivity index (χ4n) is 3.30. The molecule has 9 heteroatoms. The van der Waals surface area contributed by atoms with Crippen molar-refractivity contribution in [2.24, 2.45) is 5.41 Å². The molecule has 8 nitrogen and oxygen atoms in total. The molecule has 0 fully saturated rings. The van der Waals surface area contributed by atoms with Gasteiger partial charge in [-0.2, -0.15) is 0 Å². The van der Waals surface area contributed by atoms with Crippen LogP contribution < -0.4 is 20.5 Å². The highest BCUT2D eigenvalue weighted by atomic mass is 32.2. The zero-order valence-corrected chi connectivity index (χ0v) is 20.5. The van der Waals surface area contributed by atoms with Crippen LogP contribution in [0.3, 0.4) is 0 Å². The first kappa shape index (κ1) is 23.2. The van der Waals surface area contributed by atoms with Gasteiger partial charge in [0, 0.05) is 34.5 Å². The molecule has 2 aromatic heterocycles. The Hall–Kier alpha value is -2.96. The van der Waals surface area contributed by atoms with E-state index in [1.54, 1.807) is 0 Å². The van der Waals surface area contributed by atoms with Gasteiger partial charge in [-0.1, -0.05) is 37.5 Å². The molecular weight excluding hydrogens is 436 g/mol. The molecule has 0 atom stereocenters. The summed E-state index contributed by atoms with van der Waals surface area (Å²) in [7, 11) is 0. The summed E-state index contributed by atoms with van der Waals surface area (Å²) in [5.41, 5.74) is 8.21. The smallest absolute Gasteiger partial charge is 0.231 e. The number of benzene rings is 1. The molecular formula is C24H30N6O2S. The third-order valence-electron chi connectivity index (χ3n) is 4.88. The van der Waals surface area contributed by atoms with Crippen LogP contribution in [-0.4, -0.2) is 38.9 Å². The minimum absolute atomic E-state index is 0.126. The molecule has 3 N–H and O–H groups in total. The molecule has 0 saturated heterocycles. The Morgan fingerprint density at radius 3 is 2.70 bits per heavy atom. The minimum Gasteiger partial charge on any atom is -0.454 e. The highest BCUT2D eigenvalue weighted by molar-refractivity contribution is 7.99. The largest absolute Gasteiger partial charge is 0.454 e. The Labute approximate surface area is 198 Å². The standard InChI is InChI=1S/C24H30N6O2S/c1-15(2)26-9-6-10-30-22-20(21(25)27-13-28-22)29-23(30)33-19-12-18-17(31-14-32-18)11-16(19)7-8-24(3,4)5/h11-13,15,26H,6,9-10,14H2,1-5H3,(H2,25,27,28). The summed E-state index contributed by atoms with van der Waals surface area (Å²) in [6, 6.07) is 4.35. The molecule has 0 unspecified atom stereocenters. The average molecular weight is 467 g/mol. The van der Waals surface area contributed by atoms with Crippen LogP contribution in [0.4, 0.5) is 5.82 Å². The Morgan fingerprint density at radius 2 is 1.97 bits per heavy atom. The van der Waals surface area contributed by atoms with Crippen molar-refractivity contribution in [2.75, 3.05) is 19.1 Å². The van der Waals surface area contributed by atoms with Gasteiger partial charge < -0.3 is 25.1 Å². The van der Waals surface area contributed by atoms with Gasteiger partial charge in [0.15, 0.2) is 33.6 Å². The van der Waals surface area contributed by atoms with E-state index < -0.39 is 0 Å². The van der Waals surface area contributed by atoms with E-state index in [-0.39, 0.29) is 12.2 Å². The maximum atomic E-state index is 6.12. The van der Waals surface area contributed by atoms with E-state index in [2.05, 4.69) is 66.3 Å². The van der Waals surface area contributed by atoms with Crippen LogP contribution in [0.2, 0.25) is 0 Å². The van der Waals surface area contributed by atoms with E-state index in [4.69, 9.17) is 20.2 Å². The molecule has 0 saturated carbocycles. The van der Waals surface area contributed by atoms with Crippen molar-refractivity contribution < 1.29 is 9.47 Å². The van der Waals surface area contributed by atoms with Crippen molar-refractivity contribution in [1.82, 2.24) is 24.8 Å². The number of hydrogen-bond acceptors (Lipinski definition) is 8. The average Bonchev–Trinajstić information content (AvgIpc) is 3.33. The van der Waals surface area contributed by atoms with Gasteiger partial charge in [0.2, 0.25) is 6.79 Å². The molecule has 174 valence electrons. The van der Waals surface area contributed by atoms with Crippen LogP contribution in [-0.2, 0) is 6.54 Å². The number of rotatable bonds is 7. The lowest BCUT2D eigenvalue weighted by Gasteiger charge is -2.12. The Kier molecular flexibility index (Phi) is 6.68. The number of hydrogen-bond donors (Lipinski definition) is 2. The van der Waals surface area contributed by atoms with Crippen molar-refractivity contribution in [1.29, 1.82) is 0 Å². The number of aromatic nitrogens is 4. The number of fused-ring (bicyclic) bond motifs is 2. The number of nitrogen functional groups attached to an aromatic ring is 1. The summed E-state index contributed by atoms with van der Waals surface area (Å²) >= 11 is 1.53. The maximum absolute atomic E-state index is 6.12. The summed E-state index contributed by atoms with van der Waals surface area (Å²) in [6.07, 6.45) is 2.41. The quantitative estimate of drug-likeness (QED) is 0.397. The molecule has 0 spiro atoms. The van der Waals surface area contributed by atoms with Crippen LogP contribution in [0.1, 0.15) is 46.6 Å². The summed E-state index contributed by atoms with van der Waals surface area (Å²) in [5, 5.41) is 4.25. The molecule has 3 heterocycles. The highest BCUT2D eigenvalue weighted by Crippen LogP contribution is 2.41. The second-order valence-electron chi connectivity index (χ2n) is 9.24. The highest BCUT2D eigenvalue weighted by Gasteiger charge is 2.21. The summed E-state index contributed by atoms with van der Waals surface area (Å²) in [6.45, 7) is 12.4. The van der Waals surface area contributed by atoms with E-state index >= 15 is 0 Å². The topological polar surface area (TPSA) is 100 Å². The van der Waals surface area contributed by atoms with Gasteiger partial charge in [-0.3, -0.25) is 0 Å². The molecule has 33 heavy (non-hydrogen) atoms. The van der Waals surface area contributed by atoms with Crippen molar-refractivity contribution in [3.63, 3.8) is 0 Å². The van der Waals surface area contributed by atoms with Crippen LogP contribution in [0.15, 0.2) is 28.5 Å². The number of nitrogens with two attached hydrogens (primary N) is 1. The van der Waals surface area contributed by atoms with Gasteiger partial charge in [0.25, 0.3) is 0 Å². The Balaban J connectivity index is 1.73. The van der Waals surface area contributed by atoms with Crippen LogP contribution >= 0.6 is 11.8 Å². The van der Waals surface area contributed by atoms with Gasteiger partial charge >= 0.3 is 0 Å². The third-order valence-corrected chi connectivity index (χ3v) is 5.94. The zero-order valence-electron chi connectivity index (χ0n) is 19.7. The van der Waals surface area contributed by atoms with Crippen molar-refractivity contribution >= 4 is 28.7 Å². The first-order chi connectivity index (χ1) is 15.7. The predicted octanol–water partition coefficient (Wildman–Crippen LogP) is 4.07. The second-order valence-corrected chi connectivity index (χ2v) is 10.3. The third kappa shape index (κ3) is 5.52. The van der Waals surface area contributed by atoms with Crippen LogP contribution in [0.5, 0.6) is 11.5 Å². The van der Waals surface area contributed by atoms with Gasteiger partial charge in [-0.05, 0) is 39.8 Å².